The molecular weight excluding hydrogens is 248 g/mol. The first kappa shape index (κ1) is 15.2. The molecule has 1 aliphatic heterocycles. The number of aromatic nitrogens is 2. The van der Waals surface area contributed by atoms with Crippen LogP contribution in [-0.2, 0) is 0 Å². The second kappa shape index (κ2) is 7.02. The highest BCUT2D eigenvalue weighted by Gasteiger charge is 2.20. The van der Waals surface area contributed by atoms with Crippen molar-refractivity contribution >= 4 is 5.82 Å². The molecule has 1 N–H and O–H groups in total. The number of rotatable bonds is 6. The van der Waals surface area contributed by atoms with Gasteiger partial charge < -0.3 is 10.2 Å². The summed E-state index contributed by atoms with van der Waals surface area (Å²) in [6.45, 7) is 12.1. The fourth-order valence-electron chi connectivity index (χ4n) is 2.73. The Morgan fingerprint density at radius 2 is 2.10 bits per heavy atom. The molecule has 0 spiro atoms. The molecule has 1 atom stereocenters. The molecule has 0 aromatic carbocycles. The Balaban J connectivity index is 2.13. The molecule has 0 saturated carbocycles. The summed E-state index contributed by atoms with van der Waals surface area (Å²) in [7, 11) is 0. The fraction of sp³-hybridized carbons (Fsp3) is 0.750. The van der Waals surface area contributed by atoms with Crippen molar-refractivity contribution in [2.24, 2.45) is 5.92 Å². The summed E-state index contributed by atoms with van der Waals surface area (Å²) < 4.78 is 0. The van der Waals surface area contributed by atoms with Gasteiger partial charge >= 0.3 is 0 Å². The Hall–Kier alpha value is -1.16. The molecular formula is C16H28N4. The van der Waals surface area contributed by atoms with Crippen LogP contribution in [0.5, 0.6) is 0 Å². The molecule has 2 heterocycles. The summed E-state index contributed by atoms with van der Waals surface area (Å²) >= 11 is 0. The molecule has 1 aromatic rings. The van der Waals surface area contributed by atoms with E-state index in [1.807, 2.05) is 0 Å². The molecule has 0 aliphatic carbocycles. The highest BCUT2D eigenvalue weighted by molar-refractivity contribution is 5.40. The van der Waals surface area contributed by atoms with E-state index in [1.165, 1.54) is 12.8 Å². The molecule has 20 heavy (non-hydrogen) atoms. The summed E-state index contributed by atoms with van der Waals surface area (Å²) in [6.07, 6.45) is 4.28. The summed E-state index contributed by atoms with van der Waals surface area (Å²) in [5.41, 5.74) is 1.13. The van der Waals surface area contributed by atoms with Gasteiger partial charge in [0.25, 0.3) is 0 Å². The lowest BCUT2D eigenvalue weighted by molar-refractivity contribution is 0.537. The van der Waals surface area contributed by atoms with E-state index >= 15 is 0 Å². The standard InChI is InChI=1S/C16H28N4/c1-12(2)9-20(10-14-6-5-7-17-14)16-8-15(13(3)4)18-11-19-16/h8,11-14,17H,5-7,9-10H2,1-4H3. The normalized spacial score (nSPS) is 19.0. The molecule has 0 amide bonds. The van der Waals surface area contributed by atoms with Gasteiger partial charge in [0.1, 0.15) is 12.1 Å². The average molecular weight is 276 g/mol. The maximum atomic E-state index is 4.50. The van der Waals surface area contributed by atoms with Gasteiger partial charge in [-0.15, -0.1) is 0 Å². The lowest BCUT2D eigenvalue weighted by Crippen LogP contribution is -2.40. The van der Waals surface area contributed by atoms with Crippen LogP contribution in [0.3, 0.4) is 0 Å². The maximum Gasteiger partial charge on any atom is 0.132 e. The second-order valence-electron chi connectivity index (χ2n) is 6.55. The van der Waals surface area contributed by atoms with E-state index in [9.17, 15) is 0 Å². The quantitative estimate of drug-likeness (QED) is 0.867. The lowest BCUT2D eigenvalue weighted by atomic mass is 10.1. The van der Waals surface area contributed by atoms with Crippen LogP contribution in [0.15, 0.2) is 12.4 Å². The highest BCUT2D eigenvalue weighted by atomic mass is 15.2. The molecule has 112 valence electrons. The summed E-state index contributed by atoms with van der Waals surface area (Å²) in [6, 6.07) is 2.76. The third-order valence-corrected chi connectivity index (χ3v) is 3.78. The van der Waals surface area contributed by atoms with Crippen LogP contribution in [0, 0.1) is 5.92 Å². The number of hydrogen-bond acceptors (Lipinski definition) is 4. The van der Waals surface area contributed by atoms with Gasteiger partial charge in [0.05, 0.1) is 0 Å². The van der Waals surface area contributed by atoms with Crippen molar-refractivity contribution in [3.05, 3.63) is 18.1 Å². The van der Waals surface area contributed by atoms with Crippen LogP contribution in [0.4, 0.5) is 5.82 Å². The van der Waals surface area contributed by atoms with Gasteiger partial charge in [0.2, 0.25) is 0 Å². The third kappa shape index (κ3) is 4.17. The highest BCUT2D eigenvalue weighted by Crippen LogP contribution is 2.19. The van der Waals surface area contributed by atoms with Crippen LogP contribution in [0.25, 0.3) is 0 Å². The van der Waals surface area contributed by atoms with E-state index in [1.54, 1.807) is 6.33 Å². The Bertz CT molecular complexity index is 411. The molecule has 1 saturated heterocycles. The number of anilines is 1. The summed E-state index contributed by atoms with van der Waals surface area (Å²) in [4.78, 5) is 11.3. The van der Waals surface area contributed by atoms with Crippen LogP contribution < -0.4 is 10.2 Å². The van der Waals surface area contributed by atoms with Crippen molar-refractivity contribution in [2.75, 3.05) is 24.5 Å². The first-order valence-corrected chi connectivity index (χ1v) is 7.86. The minimum Gasteiger partial charge on any atom is -0.355 e. The molecule has 4 nitrogen and oxygen atoms in total. The first-order chi connectivity index (χ1) is 9.56. The predicted molar refractivity (Wildman–Crippen MR) is 84.2 cm³/mol. The zero-order valence-corrected chi connectivity index (χ0v) is 13.3. The number of hydrogen-bond donors (Lipinski definition) is 1. The minimum atomic E-state index is 0.447. The van der Waals surface area contributed by atoms with Gasteiger partial charge in [-0.3, -0.25) is 0 Å². The summed E-state index contributed by atoms with van der Waals surface area (Å²) in [5, 5.41) is 3.58. The molecule has 1 unspecified atom stereocenters. The predicted octanol–water partition coefficient (Wildman–Crippen LogP) is 2.81. The Kier molecular flexibility index (Phi) is 5.35. The molecule has 0 bridgehead atoms. The minimum absolute atomic E-state index is 0.447. The van der Waals surface area contributed by atoms with E-state index in [0.717, 1.165) is 31.1 Å². The van der Waals surface area contributed by atoms with Gasteiger partial charge in [0, 0.05) is 30.9 Å². The van der Waals surface area contributed by atoms with Gasteiger partial charge in [-0.25, -0.2) is 9.97 Å². The van der Waals surface area contributed by atoms with E-state index in [2.05, 4.69) is 53.9 Å². The van der Waals surface area contributed by atoms with Gasteiger partial charge in [-0.2, -0.15) is 0 Å². The SMILES string of the molecule is CC(C)CN(CC1CCCN1)c1cc(C(C)C)ncn1. The smallest absolute Gasteiger partial charge is 0.132 e. The van der Waals surface area contributed by atoms with E-state index < -0.39 is 0 Å². The number of nitrogens with zero attached hydrogens (tertiary/aromatic N) is 3. The van der Waals surface area contributed by atoms with E-state index in [-0.39, 0.29) is 0 Å². The molecule has 0 radical (unpaired) electrons. The second-order valence-corrected chi connectivity index (χ2v) is 6.55. The van der Waals surface area contributed by atoms with Crippen molar-refractivity contribution in [3.8, 4) is 0 Å². The lowest BCUT2D eigenvalue weighted by Gasteiger charge is -2.28. The zero-order chi connectivity index (χ0) is 14.5. The summed E-state index contributed by atoms with van der Waals surface area (Å²) in [5.74, 6) is 2.15. The largest absolute Gasteiger partial charge is 0.355 e. The van der Waals surface area contributed by atoms with Crippen LogP contribution in [-0.4, -0.2) is 35.6 Å². The average Bonchev–Trinajstić information content (AvgIpc) is 2.90. The topological polar surface area (TPSA) is 41.0 Å². The van der Waals surface area contributed by atoms with Gasteiger partial charge in [-0.05, 0) is 31.2 Å². The number of nitrogens with one attached hydrogen (secondary N) is 1. The molecule has 1 aliphatic rings. The van der Waals surface area contributed by atoms with Gasteiger partial charge in [0.15, 0.2) is 0 Å². The molecule has 2 rings (SSSR count). The van der Waals surface area contributed by atoms with Crippen molar-refractivity contribution < 1.29 is 0 Å². The molecule has 1 aromatic heterocycles. The Morgan fingerprint density at radius 3 is 2.70 bits per heavy atom. The monoisotopic (exact) mass is 276 g/mol. The van der Waals surface area contributed by atoms with Crippen LogP contribution in [0.1, 0.15) is 52.1 Å². The van der Waals surface area contributed by atoms with Crippen molar-refractivity contribution in [3.63, 3.8) is 0 Å². The van der Waals surface area contributed by atoms with Crippen molar-refractivity contribution in [1.29, 1.82) is 0 Å². The fourth-order valence-corrected chi connectivity index (χ4v) is 2.73. The Morgan fingerprint density at radius 1 is 1.30 bits per heavy atom. The first-order valence-electron chi connectivity index (χ1n) is 7.86. The van der Waals surface area contributed by atoms with E-state index in [0.29, 0.717) is 17.9 Å². The van der Waals surface area contributed by atoms with Crippen molar-refractivity contribution in [1.82, 2.24) is 15.3 Å². The van der Waals surface area contributed by atoms with Gasteiger partial charge in [-0.1, -0.05) is 27.7 Å². The van der Waals surface area contributed by atoms with Crippen molar-refractivity contribution in [2.45, 2.75) is 52.5 Å². The zero-order valence-electron chi connectivity index (χ0n) is 13.3. The third-order valence-electron chi connectivity index (χ3n) is 3.78. The van der Waals surface area contributed by atoms with Crippen LogP contribution >= 0.6 is 0 Å². The molecule has 4 heteroatoms. The van der Waals surface area contributed by atoms with E-state index in [4.69, 9.17) is 0 Å². The molecule has 1 fully saturated rings. The maximum absolute atomic E-state index is 4.50. The Labute approximate surface area is 123 Å². The van der Waals surface area contributed by atoms with Crippen LogP contribution in [0.2, 0.25) is 0 Å².